The van der Waals surface area contributed by atoms with Crippen LogP contribution in [-0.2, 0) is 0 Å². The number of hydrogen-bond acceptors (Lipinski definition) is 7. The van der Waals surface area contributed by atoms with E-state index in [0.717, 1.165) is 12.1 Å². The van der Waals surface area contributed by atoms with Crippen molar-refractivity contribution >= 4 is 23.3 Å². The first-order chi connectivity index (χ1) is 10.5. The van der Waals surface area contributed by atoms with Gasteiger partial charge in [0.25, 0.3) is 5.69 Å². The first-order valence-corrected chi connectivity index (χ1v) is 5.99. The van der Waals surface area contributed by atoms with Crippen molar-refractivity contribution in [3.63, 3.8) is 0 Å². The third-order valence-electron chi connectivity index (χ3n) is 2.71. The smallest absolute Gasteiger partial charge is 0.301 e. The lowest BCUT2D eigenvalue weighted by Crippen LogP contribution is -1.98. The molecule has 0 aromatic heterocycles. The van der Waals surface area contributed by atoms with Crippen LogP contribution in [0.3, 0.4) is 0 Å². The molecule has 2 N–H and O–H groups in total. The fourth-order valence-corrected chi connectivity index (χ4v) is 1.65. The summed E-state index contributed by atoms with van der Waals surface area (Å²) in [6.45, 7) is 0. The number of nitro benzene ring substituents is 2. The summed E-state index contributed by atoms with van der Waals surface area (Å²) in [7, 11) is 0. The van der Waals surface area contributed by atoms with Crippen LogP contribution in [0, 0.1) is 20.2 Å². The highest BCUT2D eigenvalue weighted by molar-refractivity contribution is 5.84. The number of non-ortho nitro benzene ring substituents is 1. The number of anilines is 1. The summed E-state index contributed by atoms with van der Waals surface area (Å²) in [5.74, 6) is 0.00579. The number of nitro groups is 2. The predicted octanol–water partition coefficient (Wildman–Crippen LogP) is 2.65. The van der Waals surface area contributed by atoms with Crippen LogP contribution in [0.5, 0.6) is 5.75 Å². The third kappa shape index (κ3) is 3.33. The zero-order valence-corrected chi connectivity index (χ0v) is 11.0. The molecule has 2 aromatic carbocycles. The number of phenols is 1. The first-order valence-electron chi connectivity index (χ1n) is 5.99. The van der Waals surface area contributed by atoms with Gasteiger partial charge in [0.1, 0.15) is 11.4 Å². The molecule has 0 heterocycles. The number of benzene rings is 2. The normalized spacial score (nSPS) is 10.5. The second-order valence-electron chi connectivity index (χ2n) is 4.14. The zero-order chi connectivity index (χ0) is 16.1. The molecule has 0 saturated carbocycles. The van der Waals surface area contributed by atoms with Gasteiger partial charge >= 0.3 is 5.69 Å². The van der Waals surface area contributed by atoms with Gasteiger partial charge in [-0.15, -0.1) is 0 Å². The van der Waals surface area contributed by atoms with Crippen LogP contribution in [0.2, 0.25) is 0 Å². The molecule has 0 saturated heterocycles. The average Bonchev–Trinajstić information content (AvgIpc) is 2.49. The maximum Gasteiger partial charge on any atom is 0.301 e. The van der Waals surface area contributed by atoms with E-state index < -0.39 is 15.5 Å². The van der Waals surface area contributed by atoms with Crippen molar-refractivity contribution in [2.45, 2.75) is 0 Å². The Kier molecular flexibility index (Phi) is 4.27. The molecule has 0 spiro atoms. The molecule has 22 heavy (non-hydrogen) atoms. The lowest BCUT2D eigenvalue weighted by Gasteiger charge is -2.02. The number of nitrogens with zero attached hydrogens (tertiary/aromatic N) is 3. The molecule has 0 fully saturated rings. The SMILES string of the molecule is O=[N+]([O-])c1ccc(N/N=C\c2ccccc2O)c([N+](=O)[O-])c1. The number of hydrazone groups is 1. The Labute approximate surface area is 123 Å². The second kappa shape index (κ2) is 6.31. The third-order valence-corrected chi connectivity index (χ3v) is 2.71. The quantitative estimate of drug-likeness (QED) is 0.496. The van der Waals surface area contributed by atoms with Gasteiger partial charge in [-0.05, 0) is 18.2 Å². The van der Waals surface area contributed by atoms with E-state index in [2.05, 4.69) is 10.5 Å². The molecule has 112 valence electrons. The maximum atomic E-state index is 10.9. The van der Waals surface area contributed by atoms with Crippen molar-refractivity contribution < 1.29 is 15.0 Å². The molecule has 0 amide bonds. The van der Waals surface area contributed by atoms with Crippen LogP contribution >= 0.6 is 0 Å². The molecule has 0 aliphatic heterocycles. The number of phenolic OH excluding ortho intramolecular Hbond substituents is 1. The number of para-hydroxylation sites is 1. The van der Waals surface area contributed by atoms with E-state index in [0.29, 0.717) is 5.56 Å². The van der Waals surface area contributed by atoms with E-state index in [-0.39, 0.29) is 17.1 Å². The van der Waals surface area contributed by atoms with Gasteiger partial charge < -0.3 is 5.11 Å². The van der Waals surface area contributed by atoms with Gasteiger partial charge in [-0.3, -0.25) is 25.7 Å². The van der Waals surface area contributed by atoms with Gasteiger partial charge in [-0.1, -0.05) is 12.1 Å². The number of aromatic hydroxyl groups is 1. The van der Waals surface area contributed by atoms with Crippen LogP contribution in [-0.4, -0.2) is 21.2 Å². The van der Waals surface area contributed by atoms with E-state index in [1.54, 1.807) is 18.2 Å². The maximum absolute atomic E-state index is 10.9. The van der Waals surface area contributed by atoms with E-state index in [1.807, 2.05) is 0 Å². The highest BCUT2D eigenvalue weighted by Crippen LogP contribution is 2.28. The molecule has 9 nitrogen and oxygen atoms in total. The fraction of sp³-hybridized carbons (Fsp3) is 0. The topological polar surface area (TPSA) is 131 Å². The van der Waals surface area contributed by atoms with Gasteiger partial charge in [0.15, 0.2) is 0 Å². The van der Waals surface area contributed by atoms with Gasteiger partial charge in [0.05, 0.1) is 22.1 Å². The summed E-state index contributed by atoms with van der Waals surface area (Å²) in [6, 6.07) is 9.57. The molecular weight excluding hydrogens is 292 g/mol. The summed E-state index contributed by atoms with van der Waals surface area (Å²) in [5, 5.41) is 34.9. The van der Waals surface area contributed by atoms with Crippen molar-refractivity contribution in [2.75, 3.05) is 5.43 Å². The van der Waals surface area contributed by atoms with Crippen LogP contribution in [0.1, 0.15) is 5.56 Å². The molecule has 0 atom stereocenters. The van der Waals surface area contributed by atoms with Crippen molar-refractivity contribution in [1.29, 1.82) is 0 Å². The van der Waals surface area contributed by atoms with Gasteiger partial charge in [-0.2, -0.15) is 5.10 Å². The summed E-state index contributed by atoms with van der Waals surface area (Å²) in [4.78, 5) is 20.1. The molecule has 0 bridgehead atoms. The Morgan fingerprint density at radius 3 is 2.45 bits per heavy atom. The lowest BCUT2D eigenvalue weighted by molar-refractivity contribution is -0.393. The number of hydrogen-bond donors (Lipinski definition) is 2. The van der Waals surface area contributed by atoms with Crippen molar-refractivity contribution in [3.8, 4) is 5.75 Å². The zero-order valence-electron chi connectivity index (χ0n) is 11.0. The Hall–Kier alpha value is -3.49. The van der Waals surface area contributed by atoms with E-state index >= 15 is 0 Å². The minimum absolute atomic E-state index is 0.00210. The van der Waals surface area contributed by atoms with E-state index in [1.165, 1.54) is 18.3 Å². The Morgan fingerprint density at radius 1 is 1.09 bits per heavy atom. The Morgan fingerprint density at radius 2 is 1.82 bits per heavy atom. The van der Waals surface area contributed by atoms with Gasteiger partial charge in [-0.25, -0.2) is 0 Å². The Bertz CT molecular complexity index is 760. The minimum atomic E-state index is -0.745. The van der Waals surface area contributed by atoms with Crippen molar-refractivity contribution in [2.24, 2.45) is 5.10 Å². The van der Waals surface area contributed by atoms with E-state index in [4.69, 9.17) is 0 Å². The summed E-state index contributed by atoms with van der Waals surface area (Å²) >= 11 is 0. The minimum Gasteiger partial charge on any atom is -0.507 e. The molecule has 9 heteroatoms. The van der Waals surface area contributed by atoms with Gasteiger partial charge in [0.2, 0.25) is 0 Å². The molecule has 2 aromatic rings. The molecule has 0 radical (unpaired) electrons. The second-order valence-corrected chi connectivity index (χ2v) is 4.14. The predicted molar refractivity (Wildman–Crippen MR) is 79.1 cm³/mol. The van der Waals surface area contributed by atoms with Crippen LogP contribution in [0.25, 0.3) is 0 Å². The summed E-state index contributed by atoms with van der Waals surface area (Å²) in [5.41, 5.74) is 1.99. The lowest BCUT2D eigenvalue weighted by atomic mass is 10.2. The molecule has 2 rings (SSSR count). The molecular formula is C13H10N4O5. The summed E-state index contributed by atoms with van der Waals surface area (Å²) in [6.07, 6.45) is 1.28. The number of rotatable bonds is 5. The van der Waals surface area contributed by atoms with Crippen molar-refractivity contribution in [1.82, 2.24) is 0 Å². The standard InChI is InChI=1S/C13H10N4O5/c18-13-4-2-1-3-9(13)8-14-15-11-6-5-10(16(19)20)7-12(11)17(21)22/h1-8,15,18H/b14-8-. The highest BCUT2D eigenvalue weighted by Gasteiger charge is 2.19. The average molecular weight is 302 g/mol. The molecule has 0 unspecified atom stereocenters. The fourth-order valence-electron chi connectivity index (χ4n) is 1.65. The van der Waals surface area contributed by atoms with Crippen LogP contribution < -0.4 is 5.43 Å². The monoisotopic (exact) mass is 302 g/mol. The summed E-state index contributed by atoms with van der Waals surface area (Å²) < 4.78 is 0. The van der Waals surface area contributed by atoms with Crippen LogP contribution in [0.15, 0.2) is 47.6 Å². The number of nitrogens with one attached hydrogen (secondary N) is 1. The Balaban J connectivity index is 2.24. The highest BCUT2D eigenvalue weighted by atomic mass is 16.6. The molecule has 0 aliphatic carbocycles. The van der Waals surface area contributed by atoms with Crippen molar-refractivity contribution in [3.05, 3.63) is 68.3 Å². The van der Waals surface area contributed by atoms with E-state index in [9.17, 15) is 25.3 Å². The first kappa shape index (κ1) is 14.9. The molecule has 0 aliphatic rings. The van der Waals surface area contributed by atoms with Gasteiger partial charge in [0, 0.05) is 11.6 Å². The largest absolute Gasteiger partial charge is 0.507 e. The van der Waals surface area contributed by atoms with Crippen LogP contribution in [0.4, 0.5) is 17.1 Å².